The molecule has 13 rings (SSSR count). The van der Waals surface area contributed by atoms with Gasteiger partial charge in [0.05, 0.1) is 64.5 Å². The third-order valence-corrected chi connectivity index (χ3v) is 19.8. The van der Waals surface area contributed by atoms with Gasteiger partial charge in [-0.1, -0.05) is 168 Å². The largest absolute Gasteiger partial charge is 0.493 e. The molecule has 0 amide bonds. The molecule has 0 saturated heterocycles. The minimum atomic E-state index is -0.302. The lowest BCUT2D eigenvalue weighted by Crippen LogP contribution is -2.18. The zero-order chi connectivity index (χ0) is 76.9. The van der Waals surface area contributed by atoms with Gasteiger partial charge in [-0.05, 0) is 229 Å². The van der Waals surface area contributed by atoms with E-state index < -0.39 is 0 Å². The predicted molar refractivity (Wildman–Crippen MR) is 437 cm³/mol. The maximum atomic E-state index is 7.55. The van der Waals surface area contributed by atoms with E-state index in [1.165, 1.54) is 0 Å². The van der Waals surface area contributed by atoms with Crippen molar-refractivity contribution >= 4 is 34.8 Å². The molecule has 15 nitrogen and oxygen atoms in total. The van der Waals surface area contributed by atoms with E-state index in [1.807, 2.05) is 154 Å². The number of aryl methyl sites for hydroxylation is 3. The zero-order valence-electron chi connectivity index (χ0n) is 65.2. The molecule has 8 bridgehead atoms. The van der Waals surface area contributed by atoms with Crippen LogP contribution in [0.1, 0.15) is 190 Å². The smallest absolute Gasteiger partial charge is 0.232 e. The monoisotopic (exact) mass is 1490 g/mol. The van der Waals surface area contributed by atoms with Crippen LogP contribution in [0.2, 0.25) is 10.6 Å². The maximum absolute atomic E-state index is 7.55. The van der Waals surface area contributed by atoms with Crippen molar-refractivity contribution in [3.8, 4) is 62.9 Å². The topological polar surface area (TPSA) is 174 Å². The van der Waals surface area contributed by atoms with E-state index in [1.54, 1.807) is 0 Å². The number of anilines is 2. The number of hydrogen-bond acceptors (Lipinski definition) is 15. The van der Waals surface area contributed by atoms with Gasteiger partial charge >= 0.3 is 0 Å². The van der Waals surface area contributed by atoms with Crippen LogP contribution in [0.3, 0.4) is 0 Å². The average Bonchev–Trinajstić information content (AvgIpc) is 0.759. The minimum absolute atomic E-state index is 0.00744. The molecular weight excluding hydrogens is 1400 g/mol. The van der Waals surface area contributed by atoms with Crippen molar-refractivity contribution in [2.45, 2.75) is 177 Å². The van der Waals surface area contributed by atoms with Gasteiger partial charge in [-0.3, -0.25) is 15.0 Å². The molecule has 0 unspecified atom stereocenters. The summed E-state index contributed by atoms with van der Waals surface area (Å²) in [6, 6.07) is 62.8. The summed E-state index contributed by atoms with van der Waals surface area (Å²) in [5, 5.41) is 3.13. The van der Waals surface area contributed by atoms with Gasteiger partial charge in [0.2, 0.25) is 16.5 Å². The summed E-state index contributed by atoms with van der Waals surface area (Å²) < 4.78 is 36.6. The Bertz CT molecular complexity index is 5080. The van der Waals surface area contributed by atoms with Crippen LogP contribution in [0.15, 0.2) is 182 Å². The first-order chi connectivity index (χ1) is 52.0. The second-order valence-corrected chi connectivity index (χ2v) is 33.2. The van der Waals surface area contributed by atoms with Gasteiger partial charge in [-0.2, -0.15) is 15.0 Å². The minimum Gasteiger partial charge on any atom is -0.493 e. The van der Waals surface area contributed by atoms with Crippen LogP contribution < -0.4 is 29.0 Å². The van der Waals surface area contributed by atoms with E-state index in [0.717, 1.165) is 164 Å². The highest BCUT2D eigenvalue weighted by molar-refractivity contribution is 6.31. The quantitative estimate of drug-likeness (QED) is 0.0713. The summed E-state index contributed by atoms with van der Waals surface area (Å²) >= 11 is 12.2. The van der Waals surface area contributed by atoms with Crippen LogP contribution in [0.25, 0.3) is 34.2 Å². The molecule has 558 valence electrons. The highest BCUT2D eigenvalue weighted by Crippen LogP contribution is 2.46. The Morgan fingerprint density at radius 1 is 0.312 bits per heavy atom. The highest BCUT2D eigenvalue weighted by Gasteiger charge is 2.31. The number of hydrogen-bond donors (Lipinski definition) is 1. The van der Waals surface area contributed by atoms with E-state index >= 15 is 0 Å². The molecule has 0 atom stereocenters. The third-order valence-electron chi connectivity index (χ3n) is 19.4. The number of rotatable bonds is 20. The first kappa shape index (κ1) is 76.6. The number of fused-ring (bicyclic) bond motifs is 8. The number of halogens is 2. The summed E-state index contributed by atoms with van der Waals surface area (Å²) in [6.07, 6.45) is 2.33. The second kappa shape index (κ2) is 32.3. The van der Waals surface area contributed by atoms with Gasteiger partial charge in [0.15, 0.2) is 0 Å². The van der Waals surface area contributed by atoms with E-state index in [0.29, 0.717) is 51.1 Å². The first-order valence-electron chi connectivity index (χ1n) is 37.4. The average molecular weight is 1490 g/mol. The molecule has 12 aromatic rings. The van der Waals surface area contributed by atoms with Gasteiger partial charge in [-0.15, -0.1) is 0 Å². The molecule has 109 heavy (non-hydrogen) atoms. The van der Waals surface area contributed by atoms with Gasteiger partial charge < -0.3 is 29.0 Å². The number of ether oxygens (including phenoxy) is 5. The van der Waals surface area contributed by atoms with Crippen LogP contribution in [0.4, 0.5) is 11.6 Å². The second-order valence-electron chi connectivity index (χ2n) is 32.5. The molecule has 7 heterocycles. The Morgan fingerprint density at radius 2 is 0.587 bits per heavy atom. The summed E-state index contributed by atoms with van der Waals surface area (Å²) in [5.74, 6) is 4.02. The fourth-order valence-electron chi connectivity index (χ4n) is 13.5. The van der Waals surface area contributed by atoms with E-state index in [2.05, 4.69) is 152 Å². The fourth-order valence-corrected chi connectivity index (χ4v) is 13.9. The number of nitrogens with zero attached hydrogens (tertiary/aromatic N) is 9. The highest BCUT2D eigenvalue weighted by atomic mass is 35.5. The van der Waals surface area contributed by atoms with Crippen LogP contribution in [-0.4, -0.2) is 58.1 Å². The Labute approximate surface area is 651 Å². The third kappa shape index (κ3) is 19.3. The zero-order valence-corrected chi connectivity index (χ0v) is 66.7. The van der Waals surface area contributed by atoms with Crippen molar-refractivity contribution in [1.29, 1.82) is 0 Å². The fraction of sp³-hybridized carbons (Fsp3) is 0.315. The molecule has 0 saturated carbocycles. The van der Waals surface area contributed by atoms with Crippen LogP contribution in [0, 0.1) is 20.8 Å². The standard InChI is InChI=1S/C92H96Cl2N10O5/c1-56-23-16-29-76(95-56)79-32-19-26-72(98-79)53-107-83-61-41-59-45-67(89(4,5)6)46-60(82(59)106-40-22-39-105-75-37-35-71(36-38-75)101-88-103-86(93)102-87(94)104-88)42-62-48-69(91(10,11)12)50-64(84(62)108-54-73-27-20-33-80(99-73)77-30-17-24-57(2)96-77)44-66-52-70(92(13,14)15)51-65(43-63(83)49-68(47-61)90(7,8)9)85(66)109-55-74-28-21-34-81(100-74)78-31-18-25-58(3)97-78/h16-21,23-38,45-52H,22,39-44,53-55H2,1-15H3,(H,101,102,103,104). The van der Waals surface area contributed by atoms with Crippen molar-refractivity contribution in [2.24, 2.45) is 0 Å². The molecule has 0 radical (unpaired) electrons. The molecule has 1 N–H and O–H groups in total. The van der Waals surface area contributed by atoms with Gasteiger partial charge in [0, 0.05) is 54.9 Å². The summed E-state index contributed by atoms with van der Waals surface area (Å²) in [7, 11) is 0. The van der Waals surface area contributed by atoms with E-state index in [4.69, 9.17) is 76.8 Å². The van der Waals surface area contributed by atoms with Gasteiger partial charge in [-0.25, -0.2) is 15.0 Å². The van der Waals surface area contributed by atoms with Crippen LogP contribution in [0.5, 0.6) is 28.7 Å². The summed E-state index contributed by atoms with van der Waals surface area (Å²) in [4.78, 5) is 42.5. The molecule has 0 fully saturated rings. The molecule has 0 spiro atoms. The molecule has 0 aliphatic heterocycles. The SMILES string of the molecule is Cc1cccc(-c2cccc(COc3c4cc(C(C)(C)C)cc3Cc3cc(C(C)(C)C)cc(c3OCc3cccc(-c5cccc(C)n5)n3)Cc3cc(C(C)(C)C)cc(c3OCc3cccc(-c5cccc(C)n5)n3)Cc3cc(C(C)(C)C)cc(c3OCCCOc3ccc(Nc5nc(Cl)nc(Cl)n5)cc3)C4)n2)n1. The number of benzene rings is 5. The Hall–Kier alpha value is -10.6. The first-order valence-corrected chi connectivity index (χ1v) is 38.2. The van der Waals surface area contributed by atoms with Crippen LogP contribution in [-0.2, 0) is 67.2 Å². The Morgan fingerprint density at radius 3 is 0.881 bits per heavy atom. The van der Waals surface area contributed by atoms with Crippen molar-refractivity contribution in [3.05, 3.63) is 293 Å². The Balaban J connectivity index is 1.00. The number of aromatic nitrogens is 9. The van der Waals surface area contributed by atoms with Crippen molar-refractivity contribution in [3.63, 3.8) is 0 Å². The Kier molecular flexibility index (Phi) is 22.7. The van der Waals surface area contributed by atoms with Crippen molar-refractivity contribution < 1.29 is 23.7 Å². The molecule has 5 aromatic carbocycles. The summed E-state index contributed by atoms with van der Waals surface area (Å²) in [5.41, 5.74) is 22.0. The molecular formula is C92H96Cl2N10O5. The van der Waals surface area contributed by atoms with Crippen molar-refractivity contribution in [2.75, 3.05) is 18.5 Å². The van der Waals surface area contributed by atoms with Crippen molar-refractivity contribution in [1.82, 2.24) is 44.9 Å². The lowest BCUT2D eigenvalue weighted by atomic mass is 9.79. The molecule has 17 heteroatoms. The lowest BCUT2D eigenvalue weighted by Gasteiger charge is -2.29. The maximum Gasteiger partial charge on any atom is 0.232 e. The molecule has 1 aliphatic rings. The molecule has 7 aromatic heterocycles. The summed E-state index contributed by atoms with van der Waals surface area (Å²) in [6.45, 7) is 34.7. The van der Waals surface area contributed by atoms with E-state index in [-0.39, 0.29) is 58.0 Å². The lowest BCUT2D eigenvalue weighted by molar-refractivity contribution is 0.245. The van der Waals surface area contributed by atoms with Gasteiger partial charge in [0.1, 0.15) is 48.6 Å². The predicted octanol–water partition coefficient (Wildman–Crippen LogP) is 21.7. The number of nitrogens with one attached hydrogen (secondary N) is 1. The normalized spacial score (nSPS) is 12.5. The van der Waals surface area contributed by atoms with Crippen LogP contribution >= 0.6 is 23.2 Å². The number of pyridine rings is 6. The van der Waals surface area contributed by atoms with Gasteiger partial charge in [0.25, 0.3) is 0 Å². The molecule has 1 aliphatic carbocycles. The van der Waals surface area contributed by atoms with E-state index in [9.17, 15) is 0 Å².